The highest BCUT2D eigenvalue weighted by atomic mass is 16.2. The lowest BCUT2D eigenvalue weighted by atomic mass is 10.0. The Bertz CT molecular complexity index is 506. The lowest BCUT2D eigenvalue weighted by molar-refractivity contribution is -0.122. The van der Waals surface area contributed by atoms with E-state index in [1.165, 1.54) is 0 Å². The number of amides is 2. The third-order valence-electron chi connectivity index (χ3n) is 2.63. The summed E-state index contributed by atoms with van der Waals surface area (Å²) >= 11 is 0. The SMILES string of the molecule is CC#CNC(=O)CCNC(=O)CC(N)c1ccccc1.CO. The molecule has 5 N–H and O–H groups in total. The van der Waals surface area contributed by atoms with E-state index in [9.17, 15) is 9.59 Å². The lowest BCUT2D eigenvalue weighted by Gasteiger charge is -2.11. The van der Waals surface area contributed by atoms with Gasteiger partial charge in [0.05, 0.1) is 0 Å². The zero-order valence-corrected chi connectivity index (χ0v) is 12.9. The molecule has 1 unspecified atom stereocenters. The Morgan fingerprint density at radius 1 is 1.23 bits per heavy atom. The van der Waals surface area contributed by atoms with Crippen molar-refractivity contribution < 1.29 is 14.7 Å². The second-order valence-corrected chi connectivity index (χ2v) is 4.24. The molecular formula is C16H23N3O3. The summed E-state index contributed by atoms with van der Waals surface area (Å²) in [4.78, 5) is 22.9. The van der Waals surface area contributed by atoms with Crippen LogP contribution >= 0.6 is 0 Å². The number of nitrogens with one attached hydrogen (secondary N) is 2. The largest absolute Gasteiger partial charge is 0.400 e. The Kier molecular flexibility index (Phi) is 11.1. The van der Waals surface area contributed by atoms with Gasteiger partial charge in [-0.2, -0.15) is 0 Å². The molecule has 1 aromatic carbocycles. The van der Waals surface area contributed by atoms with E-state index in [-0.39, 0.29) is 37.2 Å². The zero-order valence-electron chi connectivity index (χ0n) is 12.9. The van der Waals surface area contributed by atoms with E-state index in [0.29, 0.717) is 0 Å². The maximum absolute atomic E-state index is 11.7. The first kappa shape index (κ1) is 19.6. The van der Waals surface area contributed by atoms with Crippen LogP contribution in [0.1, 0.15) is 31.4 Å². The van der Waals surface area contributed by atoms with Crippen molar-refractivity contribution in [2.75, 3.05) is 13.7 Å². The van der Waals surface area contributed by atoms with Crippen LogP contribution in [0.2, 0.25) is 0 Å². The minimum absolute atomic E-state index is 0.171. The minimum atomic E-state index is -0.337. The molecule has 2 amide bonds. The second kappa shape index (κ2) is 12.4. The predicted molar refractivity (Wildman–Crippen MR) is 85.3 cm³/mol. The van der Waals surface area contributed by atoms with Crippen molar-refractivity contribution in [3.63, 3.8) is 0 Å². The fourth-order valence-corrected chi connectivity index (χ4v) is 1.60. The molecule has 0 radical (unpaired) electrons. The molecule has 0 heterocycles. The van der Waals surface area contributed by atoms with Crippen LogP contribution in [0.15, 0.2) is 30.3 Å². The van der Waals surface area contributed by atoms with E-state index in [1.807, 2.05) is 30.3 Å². The van der Waals surface area contributed by atoms with Gasteiger partial charge in [0.2, 0.25) is 11.8 Å². The number of rotatable bonds is 6. The van der Waals surface area contributed by atoms with Crippen molar-refractivity contribution in [2.45, 2.75) is 25.8 Å². The van der Waals surface area contributed by atoms with Crippen molar-refractivity contribution in [3.05, 3.63) is 35.9 Å². The third-order valence-corrected chi connectivity index (χ3v) is 2.63. The molecule has 0 aliphatic carbocycles. The van der Waals surface area contributed by atoms with Crippen LogP contribution in [0.4, 0.5) is 0 Å². The Morgan fingerprint density at radius 2 is 1.86 bits per heavy atom. The molecule has 0 aliphatic heterocycles. The van der Waals surface area contributed by atoms with E-state index in [0.717, 1.165) is 12.7 Å². The Labute approximate surface area is 131 Å². The van der Waals surface area contributed by atoms with Crippen LogP contribution in [0.5, 0.6) is 0 Å². The van der Waals surface area contributed by atoms with E-state index in [1.54, 1.807) is 6.92 Å². The van der Waals surface area contributed by atoms with Gasteiger partial charge in [-0.3, -0.25) is 14.9 Å². The van der Waals surface area contributed by atoms with E-state index in [2.05, 4.69) is 22.6 Å². The van der Waals surface area contributed by atoms with Gasteiger partial charge in [0.25, 0.3) is 0 Å². The molecule has 120 valence electrons. The summed E-state index contributed by atoms with van der Waals surface area (Å²) in [6.07, 6.45) is 0.390. The monoisotopic (exact) mass is 305 g/mol. The Hall–Kier alpha value is -2.36. The maximum atomic E-state index is 11.7. The maximum Gasteiger partial charge on any atom is 0.233 e. The van der Waals surface area contributed by atoms with Crippen LogP contribution < -0.4 is 16.4 Å². The first-order chi connectivity index (χ1) is 10.6. The average Bonchev–Trinajstić information content (AvgIpc) is 2.55. The van der Waals surface area contributed by atoms with Crippen molar-refractivity contribution in [3.8, 4) is 12.0 Å². The van der Waals surface area contributed by atoms with Crippen molar-refractivity contribution in [1.82, 2.24) is 10.6 Å². The van der Waals surface area contributed by atoms with Gasteiger partial charge in [-0.15, -0.1) is 0 Å². The second-order valence-electron chi connectivity index (χ2n) is 4.24. The number of benzene rings is 1. The lowest BCUT2D eigenvalue weighted by Crippen LogP contribution is -2.31. The third kappa shape index (κ3) is 8.74. The van der Waals surface area contributed by atoms with Crippen molar-refractivity contribution >= 4 is 11.8 Å². The van der Waals surface area contributed by atoms with Gasteiger partial charge < -0.3 is 16.2 Å². The quantitative estimate of drug-likeness (QED) is 0.448. The summed E-state index contributed by atoms with van der Waals surface area (Å²) in [5.74, 6) is 2.17. The predicted octanol–water partition coefficient (Wildman–Crippen LogP) is 0.288. The molecule has 6 heteroatoms. The average molecular weight is 305 g/mol. The Balaban J connectivity index is 0.00000211. The molecule has 1 atom stereocenters. The van der Waals surface area contributed by atoms with E-state index < -0.39 is 0 Å². The van der Waals surface area contributed by atoms with Gasteiger partial charge in [0.15, 0.2) is 0 Å². The molecule has 1 rings (SSSR count). The summed E-state index contributed by atoms with van der Waals surface area (Å²) in [6, 6.07) is 11.5. The topological polar surface area (TPSA) is 104 Å². The van der Waals surface area contributed by atoms with Crippen molar-refractivity contribution in [1.29, 1.82) is 0 Å². The Morgan fingerprint density at radius 3 is 2.45 bits per heavy atom. The molecule has 0 aliphatic rings. The normalized spacial score (nSPS) is 10.2. The molecular weight excluding hydrogens is 282 g/mol. The van der Waals surface area contributed by atoms with Crippen LogP contribution in [-0.2, 0) is 9.59 Å². The first-order valence-electron chi connectivity index (χ1n) is 6.86. The highest BCUT2D eigenvalue weighted by Gasteiger charge is 2.11. The smallest absolute Gasteiger partial charge is 0.233 e. The van der Waals surface area contributed by atoms with Crippen LogP contribution in [0.3, 0.4) is 0 Å². The highest BCUT2D eigenvalue weighted by molar-refractivity contribution is 5.80. The van der Waals surface area contributed by atoms with Crippen LogP contribution in [0, 0.1) is 12.0 Å². The first-order valence-corrected chi connectivity index (χ1v) is 6.86. The minimum Gasteiger partial charge on any atom is -0.400 e. The van der Waals surface area contributed by atoms with Gasteiger partial charge in [-0.05, 0) is 12.5 Å². The number of carbonyl (C=O) groups is 2. The molecule has 0 spiro atoms. The molecule has 1 aromatic rings. The van der Waals surface area contributed by atoms with E-state index >= 15 is 0 Å². The van der Waals surface area contributed by atoms with E-state index in [4.69, 9.17) is 10.8 Å². The van der Waals surface area contributed by atoms with Crippen LogP contribution in [0.25, 0.3) is 0 Å². The fraction of sp³-hybridized carbons (Fsp3) is 0.375. The summed E-state index contributed by atoms with van der Waals surface area (Å²) in [5.41, 5.74) is 6.85. The summed E-state index contributed by atoms with van der Waals surface area (Å²) in [7, 11) is 1.00. The molecule has 0 fully saturated rings. The van der Waals surface area contributed by atoms with Gasteiger partial charge >= 0.3 is 0 Å². The van der Waals surface area contributed by atoms with Crippen LogP contribution in [-0.4, -0.2) is 30.6 Å². The number of aliphatic hydroxyl groups is 1. The summed E-state index contributed by atoms with van der Waals surface area (Å²) in [6.45, 7) is 1.91. The standard InChI is InChI=1S/C15H19N3O2.CH4O/c1-2-9-17-14(19)8-10-18-15(20)11-13(16)12-6-4-3-5-7-12;1-2/h3-7,13H,8,10-11,16H2,1H3,(H,17,19)(H,18,20);2H,1H3. The zero-order chi connectivity index (χ0) is 16.8. The van der Waals surface area contributed by atoms with Gasteiger partial charge in [0, 0.05) is 38.6 Å². The fourth-order valence-electron chi connectivity index (χ4n) is 1.60. The van der Waals surface area contributed by atoms with Gasteiger partial charge in [-0.1, -0.05) is 36.3 Å². The number of aliphatic hydroxyl groups excluding tert-OH is 1. The molecule has 6 nitrogen and oxygen atoms in total. The summed E-state index contributed by atoms with van der Waals surface area (Å²) in [5, 5.41) is 12.1. The molecule has 0 bridgehead atoms. The summed E-state index contributed by atoms with van der Waals surface area (Å²) < 4.78 is 0. The highest BCUT2D eigenvalue weighted by Crippen LogP contribution is 2.12. The molecule has 0 saturated heterocycles. The van der Waals surface area contributed by atoms with Gasteiger partial charge in [-0.25, -0.2) is 0 Å². The molecule has 0 saturated carbocycles. The molecule has 22 heavy (non-hydrogen) atoms. The van der Waals surface area contributed by atoms with Crippen molar-refractivity contribution in [2.24, 2.45) is 5.73 Å². The number of hydrogen-bond acceptors (Lipinski definition) is 4. The number of nitrogens with two attached hydrogens (primary N) is 1. The van der Waals surface area contributed by atoms with Gasteiger partial charge in [0.1, 0.15) is 0 Å². The number of hydrogen-bond donors (Lipinski definition) is 4. The molecule has 0 aromatic heterocycles. The number of carbonyl (C=O) groups excluding carboxylic acids is 2.